The van der Waals surface area contributed by atoms with Crippen LogP contribution in [-0.4, -0.2) is 11.1 Å². The third-order valence-electron chi connectivity index (χ3n) is 3.53. The first kappa shape index (κ1) is 15.3. The van der Waals surface area contributed by atoms with Gasteiger partial charge in [-0.3, -0.25) is 0 Å². The van der Waals surface area contributed by atoms with Crippen molar-refractivity contribution < 1.29 is 14.3 Å². The van der Waals surface area contributed by atoms with Gasteiger partial charge in [-0.25, -0.2) is 4.79 Å². The van der Waals surface area contributed by atoms with Crippen LogP contribution >= 0.6 is 0 Å². The summed E-state index contributed by atoms with van der Waals surface area (Å²) in [6.45, 7) is 0. The van der Waals surface area contributed by atoms with Crippen LogP contribution < -0.4 is 0 Å². The molecular formula is C20H13NO3. The van der Waals surface area contributed by atoms with Gasteiger partial charge in [-0.1, -0.05) is 42.5 Å². The minimum atomic E-state index is -0.967. The van der Waals surface area contributed by atoms with E-state index >= 15 is 0 Å². The quantitative estimate of drug-likeness (QED) is 0.708. The number of allylic oxidation sites excluding steroid dienone is 1. The number of hydrogen-bond donors (Lipinski definition) is 1. The first-order valence-corrected chi connectivity index (χ1v) is 7.28. The average molecular weight is 315 g/mol. The Morgan fingerprint density at radius 2 is 1.67 bits per heavy atom. The van der Waals surface area contributed by atoms with Crippen molar-refractivity contribution in [3.63, 3.8) is 0 Å². The molecule has 0 saturated heterocycles. The second kappa shape index (κ2) is 6.67. The second-order valence-electron chi connectivity index (χ2n) is 5.12. The fourth-order valence-corrected chi connectivity index (χ4v) is 2.30. The van der Waals surface area contributed by atoms with E-state index in [2.05, 4.69) is 6.07 Å². The maximum Gasteiger partial charge on any atom is 0.335 e. The topological polar surface area (TPSA) is 74.2 Å². The Bertz CT molecular complexity index is 929. The number of carboxylic acids is 1. The maximum absolute atomic E-state index is 10.9. The largest absolute Gasteiger partial charge is 0.478 e. The zero-order chi connectivity index (χ0) is 16.9. The summed E-state index contributed by atoms with van der Waals surface area (Å²) in [5, 5.41) is 18.3. The summed E-state index contributed by atoms with van der Waals surface area (Å²) in [4.78, 5) is 10.9. The minimum absolute atomic E-state index is 0.223. The van der Waals surface area contributed by atoms with Crippen LogP contribution in [-0.2, 0) is 0 Å². The van der Waals surface area contributed by atoms with E-state index in [4.69, 9.17) is 9.52 Å². The summed E-state index contributed by atoms with van der Waals surface area (Å²) in [5.74, 6) is 0.211. The second-order valence-corrected chi connectivity index (χ2v) is 5.12. The number of rotatable bonds is 4. The molecule has 116 valence electrons. The molecule has 4 heteroatoms. The number of carbonyl (C=O) groups is 1. The molecule has 0 atom stereocenters. The predicted molar refractivity (Wildman–Crippen MR) is 91.0 cm³/mol. The molecule has 0 spiro atoms. The molecule has 0 saturated carbocycles. The molecule has 2 aromatic carbocycles. The predicted octanol–water partition coefficient (Wildman–Crippen LogP) is 4.71. The van der Waals surface area contributed by atoms with E-state index in [0.29, 0.717) is 17.1 Å². The number of aromatic carboxylic acids is 1. The monoisotopic (exact) mass is 315 g/mol. The van der Waals surface area contributed by atoms with Crippen LogP contribution in [0.4, 0.5) is 0 Å². The van der Waals surface area contributed by atoms with Gasteiger partial charge in [0.25, 0.3) is 0 Å². The van der Waals surface area contributed by atoms with Crippen molar-refractivity contribution in [1.82, 2.24) is 0 Å². The van der Waals surface area contributed by atoms with Crippen LogP contribution in [0.15, 0.2) is 71.1 Å². The lowest BCUT2D eigenvalue weighted by Gasteiger charge is -1.99. The van der Waals surface area contributed by atoms with E-state index in [1.807, 2.05) is 30.3 Å². The van der Waals surface area contributed by atoms with Crippen LogP contribution in [0.25, 0.3) is 23.0 Å². The van der Waals surface area contributed by atoms with Crippen molar-refractivity contribution in [2.75, 3.05) is 0 Å². The zero-order valence-electron chi connectivity index (χ0n) is 12.6. The lowest BCUT2D eigenvalue weighted by Crippen LogP contribution is -1.94. The molecule has 0 fully saturated rings. The van der Waals surface area contributed by atoms with E-state index in [1.165, 1.54) is 12.1 Å². The van der Waals surface area contributed by atoms with Crippen molar-refractivity contribution in [2.45, 2.75) is 0 Å². The SMILES string of the molecule is N#C/C(=C/c1ccc(-c2ccc(C(=O)O)cc2)o1)c1ccccc1. The zero-order valence-corrected chi connectivity index (χ0v) is 12.6. The van der Waals surface area contributed by atoms with Gasteiger partial charge >= 0.3 is 5.97 Å². The number of benzene rings is 2. The number of carboxylic acid groups (broad SMARTS) is 1. The van der Waals surface area contributed by atoms with Crippen LogP contribution in [0.5, 0.6) is 0 Å². The number of furan rings is 1. The Kier molecular flexibility index (Phi) is 4.26. The highest BCUT2D eigenvalue weighted by molar-refractivity contribution is 5.89. The molecule has 1 aromatic heterocycles. The molecule has 1 heterocycles. The van der Waals surface area contributed by atoms with E-state index in [0.717, 1.165) is 11.1 Å². The van der Waals surface area contributed by atoms with Gasteiger partial charge in [0, 0.05) is 5.56 Å². The fourth-order valence-electron chi connectivity index (χ4n) is 2.30. The Hall–Kier alpha value is -3.58. The highest BCUT2D eigenvalue weighted by Gasteiger charge is 2.07. The fraction of sp³-hybridized carbons (Fsp3) is 0. The molecule has 0 aliphatic carbocycles. The molecule has 0 radical (unpaired) electrons. The standard InChI is InChI=1S/C20H13NO3/c21-13-17(14-4-2-1-3-5-14)12-18-10-11-19(24-18)15-6-8-16(9-7-15)20(22)23/h1-12H,(H,22,23)/b17-12-. The maximum atomic E-state index is 10.9. The highest BCUT2D eigenvalue weighted by Crippen LogP contribution is 2.25. The first-order chi connectivity index (χ1) is 11.7. The van der Waals surface area contributed by atoms with Gasteiger partial charge in [0.2, 0.25) is 0 Å². The molecule has 3 rings (SSSR count). The van der Waals surface area contributed by atoms with Gasteiger partial charge in [0.05, 0.1) is 17.2 Å². The van der Waals surface area contributed by atoms with Gasteiger partial charge in [-0.15, -0.1) is 0 Å². The molecule has 24 heavy (non-hydrogen) atoms. The smallest absolute Gasteiger partial charge is 0.335 e. The van der Waals surface area contributed by atoms with E-state index in [-0.39, 0.29) is 5.56 Å². The average Bonchev–Trinajstić information content (AvgIpc) is 3.09. The molecule has 0 aliphatic rings. The third-order valence-corrected chi connectivity index (χ3v) is 3.53. The summed E-state index contributed by atoms with van der Waals surface area (Å²) < 4.78 is 5.75. The minimum Gasteiger partial charge on any atom is -0.478 e. The number of hydrogen-bond acceptors (Lipinski definition) is 3. The van der Waals surface area contributed by atoms with Crippen LogP contribution in [0, 0.1) is 11.3 Å². The number of nitrogens with zero attached hydrogens (tertiary/aromatic N) is 1. The lowest BCUT2D eigenvalue weighted by atomic mass is 10.1. The molecule has 0 bridgehead atoms. The van der Waals surface area contributed by atoms with Gasteiger partial charge in [0.15, 0.2) is 0 Å². The van der Waals surface area contributed by atoms with E-state index < -0.39 is 5.97 Å². The van der Waals surface area contributed by atoms with Crippen molar-refractivity contribution in [2.24, 2.45) is 0 Å². The van der Waals surface area contributed by atoms with Gasteiger partial charge in [-0.05, 0) is 35.9 Å². The van der Waals surface area contributed by atoms with Crippen LogP contribution in [0.1, 0.15) is 21.7 Å². The summed E-state index contributed by atoms with van der Waals surface area (Å²) in [6, 6.07) is 21.6. The first-order valence-electron chi connectivity index (χ1n) is 7.28. The van der Waals surface area contributed by atoms with Gasteiger partial charge < -0.3 is 9.52 Å². The Morgan fingerprint density at radius 1 is 0.958 bits per heavy atom. The molecule has 3 aromatic rings. The molecule has 4 nitrogen and oxygen atoms in total. The van der Waals surface area contributed by atoms with Crippen molar-refractivity contribution in [3.05, 3.63) is 83.6 Å². The van der Waals surface area contributed by atoms with Crippen LogP contribution in [0.2, 0.25) is 0 Å². The van der Waals surface area contributed by atoms with E-state index in [9.17, 15) is 10.1 Å². The van der Waals surface area contributed by atoms with Crippen molar-refractivity contribution in [3.8, 4) is 17.4 Å². The Balaban J connectivity index is 1.89. The number of nitriles is 1. The summed E-state index contributed by atoms with van der Waals surface area (Å²) in [7, 11) is 0. The summed E-state index contributed by atoms with van der Waals surface area (Å²) in [5.41, 5.74) is 2.33. The molecule has 0 aliphatic heterocycles. The summed E-state index contributed by atoms with van der Waals surface area (Å²) >= 11 is 0. The molecule has 1 N–H and O–H groups in total. The van der Waals surface area contributed by atoms with Crippen molar-refractivity contribution >= 4 is 17.6 Å². The van der Waals surface area contributed by atoms with Crippen LogP contribution in [0.3, 0.4) is 0 Å². The lowest BCUT2D eigenvalue weighted by molar-refractivity contribution is 0.0697. The molecular weight excluding hydrogens is 302 g/mol. The Morgan fingerprint density at radius 3 is 2.29 bits per heavy atom. The van der Waals surface area contributed by atoms with Gasteiger partial charge in [-0.2, -0.15) is 5.26 Å². The van der Waals surface area contributed by atoms with Crippen molar-refractivity contribution in [1.29, 1.82) is 5.26 Å². The molecule has 0 unspecified atom stereocenters. The highest BCUT2D eigenvalue weighted by atomic mass is 16.4. The van der Waals surface area contributed by atoms with Gasteiger partial charge in [0.1, 0.15) is 11.5 Å². The normalized spacial score (nSPS) is 11.0. The summed E-state index contributed by atoms with van der Waals surface area (Å²) in [6.07, 6.45) is 1.68. The third kappa shape index (κ3) is 3.26. The Labute approximate surface area is 138 Å². The van der Waals surface area contributed by atoms with E-state index in [1.54, 1.807) is 30.3 Å². The molecule has 0 amide bonds.